The van der Waals surface area contributed by atoms with E-state index in [4.69, 9.17) is 4.18 Å². The predicted molar refractivity (Wildman–Crippen MR) is 63.5 cm³/mol. The molecule has 0 unspecified atom stereocenters. The van der Waals surface area contributed by atoms with E-state index >= 15 is 0 Å². The van der Waals surface area contributed by atoms with Crippen molar-refractivity contribution >= 4 is 26.0 Å². The van der Waals surface area contributed by atoms with Crippen molar-refractivity contribution in [2.75, 3.05) is 6.26 Å². The molecular weight excluding hydrogens is 294 g/mol. The lowest BCUT2D eigenvalue weighted by Gasteiger charge is -2.07. The van der Waals surface area contributed by atoms with E-state index in [2.05, 4.69) is 20.9 Å². The molecule has 0 amide bonds. The van der Waals surface area contributed by atoms with Gasteiger partial charge in [0.1, 0.15) is 4.60 Å². The first-order chi connectivity index (χ1) is 7.46. The van der Waals surface area contributed by atoms with Crippen LogP contribution in [0.1, 0.15) is 30.0 Å². The molecule has 0 aromatic carbocycles. The first kappa shape index (κ1) is 12.0. The summed E-state index contributed by atoms with van der Waals surface area (Å²) in [6.45, 7) is 0.0744. The van der Waals surface area contributed by atoms with Crippen LogP contribution >= 0.6 is 15.9 Å². The molecule has 0 atom stereocenters. The van der Waals surface area contributed by atoms with Crippen LogP contribution in [0.3, 0.4) is 0 Å². The average Bonchev–Trinajstić information content (AvgIpc) is 2.97. The number of hydrogen-bond acceptors (Lipinski definition) is 4. The molecule has 16 heavy (non-hydrogen) atoms. The van der Waals surface area contributed by atoms with E-state index in [0.29, 0.717) is 5.92 Å². The van der Waals surface area contributed by atoms with Crippen LogP contribution < -0.4 is 0 Å². The van der Waals surface area contributed by atoms with Crippen LogP contribution in [-0.2, 0) is 20.9 Å². The van der Waals surface area contributed by atoms with Gasteiger partial charge in [-0.1, -0.05) is 6.07 Å². The molecule has 0 aliphatic heterocycles. The molecule has 6 heteroatoms. The third-order valence-electron chi connectivity index (χ3n) is 2.37. The molecule has 1 saturated carbocycles. The summed E-state index contributed by atoms with van der Waals surface area (Å²) in [5.41, 5.74) is 1.81. The average molecular weight is 306 g/mol. The zero-order valence-electron chi connectivity index (χ0n) is 8.81. The Balaban J connectivity index is 2.19. The van der Waals surface area contributed by atoms with Gasteiger partial charge in [0.05, 0.1) is 18.6 Å². The smallest absolute Gasteiger partial charge is 0.264 e. The van der Waals surface area contributed by atoms with Crippen molar-refractivity contribution in [1.82, 2.24) is 4.98 Å². The van der Waals surface area contributed by atoms with Crippen LogP contribution in [0.2, 0.25) is 0 Å². The minimum Gasteiger partial charge on any atom is -0.265 e. The van der Waals surface area contributed by atoms with Gasteiger partial charge in [0.15, 0.2) is 0 Å². The van der Waals surface area contributed by atoms with E-state index in [1.165, 1.54) is 0 Å². The number of pyridine rings is 1. The zero-order valence-corrected chi connectivity index (χ0v) is 11.2. The molecule has 1 aliphatic rings. The monoisotopic (exact) mass is 305 g/mol. The molecule has 1 aromatic heterocycles. The number of rotatable bonds is 4. The number of hydrogen-bond donors (Lipinski definition) is 0. The summed E-state index contributed by atoms with van der Waals surface area (Å²) in [6, 6.07) is 3.66. The van der Waals surface area contributed by atoms with Gasteiger partial charge in [-0.15, -0.1) is 0 Å². The molecule has 2 rings (SSSR count). The van der Waals surface area contributed by atoms with E-state index in [0.717, 1.165) is 35.0 Å². The van der Waals surface area contributed by atoms with Gasteiger partial charge in [0.25, 0.3) is 10.1 Å². The van der Waals surface area contributed by atoms with Crippen molar-refractivity contribution in [3.8, 4) is 0 Å². The maximum atomic E-state index is 10.9. The number of halogens is 1. The highest BCUT2D eigenvalue weighted by atomic mass is 79.9. The van der Waals surface area contributed by atoms with Crippen LogP contribution in [-0.4, -0.2) is 19.7 Å². The van der Waals surface area contributed by atoms with Gasteiger partial charge >= 0.3 is 0 Å². The van der Waals surface area contributed by atoms with Crippen LogP contribution in [0.15, 0.2) is 16.7 Å². The summed E-state index contributed by atoms with van der Waals surface area (Å²) >= 11 is 3.31. The molecular formula is C10H12BrNO3S. The Morgan fingerprint density at radius 3 is 2.75 bits per heavy atom. The van der Waals surface area contributed by atoms with Crippen molar-refractivity contribution in [3.05, 3.63) is 28.0 Å². The second-order valence-electron chi connectivity index (χ2n) is 3.92. The van der Waals surface area contributed by atoms with E-state index < -0.39 is 10.1 Å². The normalized spacial score (nSPS) is 16.4. The largest absolute Gasteiger partial charge is 0.265 e. The quantitative estimate of drug-likeness (QED) is 0.632. The number of aromatic nitrogens is 1. The van der Waals surface area contributed by atoms with E-state index in [1.54, 1.807) is 6.07 Å². The minimum absolute atomic E-state index is 0.0744. The molecule has 0 bridgehead atoms. The molecule has 0 saturated heterocycles. The minimum atomic E-state index is -3.39. The second-order valence-corrected chi connectivity index (χ2v) is 6.38. The Labute approximate surface area is 103 Å². The Morgan fingerprint density at radius 1 is 1.50 bits per heavy atom. The van der Waals surface area contributed by atoms with Gasteiger partial charge in [0, 0.05) is 11.5 Å². The number of nitrogens with zero attached hydrogens (tertiary/aromatic N) is 1. The third kappa shape index (κ3) is 3.26. The van der Waals surface area contributed by atoms with E-state index in [-0.39, 0.29) is 6.61 Å². The van der Waals surface area contributed by atoms with Crippen LogP contribution in [0, 0.1) is 0 Å². The SMILES string of the molecule is CS(=O)(=O)OCc1ccc(Br)nc1C1CC1. The first-order valence-electron chi connectivity index (χ1n) is 4.95. The lowest BCUT2D eigenvalue weighted by molar-refractivity contribution is 0.310. The zero-order chi connectivity index (χ0) is 11.8. The summed E-state index contributed by atoms with van der Waals surface area (Å²) < 4.78 is 27.4. The Hall–Kier alpha value is -0.460. The van der Waals surface area contributed by atoms with Crippen LogP contribution in [0.25, 0.3) is 0 Å². The van der Waals surface area contributed by atoms with Crippen LogP contribution in [0.5, 0.6) is 0 Å². The summed E-state index contributed by atoms with van der Waals surface area (Å²) in [6.07, 6.45) is 3.29. The van der Waals surface area contributed by atoms with Gasteiger partial charge < -0.3 is 0 Å². The van der Waals surface area contributed by atoms with Gasteiger partial charge in [-0.3, -0.25) is 4.18 Å². The van der Waals surface area contributed by atoms with E-state index in [1.807, 2.05) is 6.07 Å². The van der Waals surface area contributed by atoms with Crippen molar-refractivity contribution in [1.29, 1.82) is 0 Å². The molecule has 0 spiro atoms. The van der Waals surface area contributed by atoms with Gasteiger partial charge in [-0.2, -0.15) is 8.42 Å². The van der Waals surface area contributed by atoms with Crippen molar-refractivity contribution in [2.45, 2.75) is 25.4 Å². The highest BCUT2D eigenvalue weighted by Gasteiger charge is 2.28. The Bertz CT molecular complexity index is 497. The molecule has 0 N–H and O–H groups in total. The standard InChI is InChI=1S/C10H12BrNO3S/c1-16(13,14)15-6-8-4-5-9(11)12-10(8)7-2-3-7/h4-5,7H,2-3,6H2,1H3. The maximum absolute atomic E-state index is 10.9. The van der Waals surface area contributed by atoms with E-state index in [9.17, 15) is 8.42 Å². The van der Waals surface area contributed by atoms with Crippen molar-refractivity contribution in [3.63, 3.8) is 0 Å². The molecule has 1 aromatic rings. The molecule has 88 valence electrons. The lowest BCUT2D eigenvalue weighted by atomic mass is 10.1. The van der Waals surface area contributed by atoms with Gasteiger partial charge in [0.2, 0.25) is 0 Å². The molecule has 4 nitrogen and oxygen atoms in total. The Kier molecular flexibility index (Phi) is 3.32. The fourth-order valence-electron chi connectivity index (χ4n) is 1.48. The van der Waals surface area contributed by atoms with Crippen LogP contribution in [0.4, 0.5) is 0 Å². The van der Waals surface area contributed by atoms with Crippen molar-refractivity contribution in [2.24, 2.45) is 0 Å². The third-order valence-corrected chi connectivity index (χ3v) is 3.36. The predicted octanol–water partition coefficient (Wildman–Crippen LogP) is 2.20. The highest BCUT2D eigenvalue weighted by Crippen LogP contribution is 2.41. The topological polar surface area (TPSA) is 56.3 Å². The fourth-order valence-corrected chi connectivity index (χ4v) is 2.15. The van der Waals surface area contributed by atoms with Gasteiger partial charge in [-0.25, -0.2) is 4.98 Å². The molecule has 0 radical (unpaired) electrons. The highest BCUT2D eigenvalue weighted by molar-refractivity contribution is 9.10. The molecule has 1 fully saturated rings. The lowest BCUT2D eigenvalue weighted by Crippen LogP contribution is -2.05. The fraction of sp³-hybridized carbons (Fsp3) is 0.500. The summed E-state index contributed by atoms with van der Waals surface area (Å²) in [7, 11) is -3.39. The summed E-state index contributed by atoms with van der Waals surface area (Å²) in [5, 5.41) is 0. The molecule has 1 heterocycles. The van der Waals surface area contributed by atoms with Gasteiger partial charge in [-0.05, 0) is 34.8 Å². The Morgan fingerprint density at radius 2 is 2.19 bits per heavy atom. The van der Waals surface area contributed by atoms with Crippen molar-refractivity contribution < 1.29 is 12.6 Å². The summed E-state index contributed by atoms with van der Waals surface area (Å²) in [5.74, 6) is 0.468. The first-order valence-corrected chi connectivity index (χ1v) is 7.56. The maximum Gasteiger partial charge on any atom is 0.264 e. The second kappa shape index (κ2) is 4.43. The summed E-state index contributed by atoms with van der Waals surface area (Å²) in [4.78, 5) is 4.38. The molecule has 1 aliphatic carbocycles.